The van der Waals surface area contributed by atoms with E-state index < -0.39 is 11.6 Å². The molecule has 2 heterocycles. The molecule has 1 saturated heterocycles. The van der Waals surface area contributed by atoms with E-state index in [2.05, 4.69) is 10.3 Å². The normalized spacial score (nSPS) is 14.2. The van der Waals surface area contributed by atoms with E-state index in [1.54, 1.807) is 11.1 Å². The van der Waals surface area contributed by atoms with Gasteiger partial charge >= 0.3 is 0 Å². The first-order chi connectivity index (χ1) is 12.0. The van der Waals surface area contributed by atoms with Crippen LogP contribution in [0.2, 0.25) is 0 Å². The Labute approximate surface area is 151 Å². The fourth-order valence-corrected chi connectivity index (χ4v) is 4.06. The minimum Gasteiger partial charge on any atom is -0.332 e. The van der Waals surface area contributed by atoms with Crippen molar-refractivity contribution in [3.05, 3.63) is 46.5 Å². The maximum absolute atomic E-state index is 13.2. The highest BCUT2D eigenvalue weighted by Crippen LogP contribution is 2.22. The molecule has 0 saturated carbocycles. The number of halogens is 2. The average molecular weight is 383 g/mol. The lowest BCUT2D eigenvalue weighted by Gasteiger charge is -2.13. The SMILES string of the molecule is O=C(CCN1CCSC1=O)Nc1ncc(Cc2ccc(F)c(F)c2)s1. The molecule has 9 heteroatoms. The van der Waals surface area contributed by atoms with Crippen molar-refractivity contribution >= 4 is 39.4 Å². The van der Waals surface area contributed by atoms with Crippen molar-refractivity contribution in [2.75, 3.05) is 24.2 Å². The van der Waals surface area contributed by atoms with Crippen molar-refractivity contribution < 1.29 is 18.4 Å². The molecule has 0 bridgehead atoms. The summed E-state index contributed by atoms with van der Waals surface area (Å²) in [6.07, 6.45) is 2.22. The number of amides is 2. The summed E-state index contributed by atoms with van der Waals surface area (Å²) in [6.45, 7) is 1.07. The van der Waals surface area contributed by atoms with Crippen molar-refractivity contribution in [1.29, 1.82) is 0 Å². The first-order valence-corrected chi connectivity index (χ1v) is 9.41. The number of thiazole rings is 1. The molecule has 25 heavy (non-hydrogen) atoms. The van der Waals surface area contributed by atoms with Crippen LogP contribution in [-0.4, -0.2) is 39.9 Å². The van der Waals surface area contributed by atoms with Gasteiger partial charge in [0.15, 0.2) is 16.8 Å². The van der Waals surface area contributed by atoms with E-state index in [9.17, 15) is 18.4 Å². The molecule has 1 aliphatic rings. The molecule has 5 nitrogen and oxygen atoms in total. The minimum absolute atomic E-state index is 0.0101. The van der Waals surface area contributed by atoms with Crippen molar-refractivity contribution in [3.63, 3.8) is 0 Å². The number of benzene rings is 1. The summed E-state index contributed by atoms with van der Waals surface area (Å²) in [5.74, 6) is -1.21. The molecule has 1 fully saturated rings. The summed E-state index contributed by atoms with van der Waals surface area (Å²) in [7, 11) is 0. The van der Waals surface area contributed by atoms with E-state index in [0.29, 0.717) is 30.2 Å². The highest BCUT2D eigenvalue weighted by Gasteiger charge is 2.21. The fraction of sp³-hybridized carbons (Fsp3) is 0.312. The third-order valence-corrected chi connectivity index (χ3v) is 5.42. The molecule has 2 amide bonds. The van der Waals surface area contributed by atoms with Crippen LogP contribution in [0, 0.1) is 11.6 Å². The lowest BCUT2D eigenvalue weighted by atomic mass is 10.1. The van der Waals surface area contributed by atoms with Crippen molar-refractivity contribution in [2.24, 2.45) is 0 Å². The van der Waals surface area contributed by atoms with Gasteiger partial charge in [-0.25, -0.2) is 13.8 Å². The monoisotopic (exact) mass is 383 g/mol. The zero-order chi connectivity index (χ0) is 17.8. The van der Waals surface area contributed by atoms with Gasteiger partial charge in [-0.2, -0.15) is 0 Å². The van der Waals surface area contributed by atoms with Crippen molar-refractivity contribution in [2.45, 2.75) is 12.8 Å². The Bertz CT molecular complexity index is 797. The van der Waals surface area contributed by atoms with E-state index >= 15 is 0 Å². The Morgan fingerprint density at radius 3 is 2.88 bits per heavy atom. The van der Waals surface area contributed by atoms with E-state index in [0.717, 1.165) is 22.8 Å². The van der Waals surface area contributed by atoms with E-state index in [1.165, 1.54) is 29.2 Å². The molecule has 3 rings (SSSR count). The standard InChI is InChI=1S/C16H15F2N3O2S2/c17-12-2-1-10(8-13(12)18)7-11-9-19-15(25-11)20-14(22)3-4-21-5-6-24-16(21)23/h1-2,8-9H,3-7H2,(H,19,20,22). The Hall–Kier alpha value is -2.00. The number of hydrogen-bond acceptors (Lipinski definition) is 5. The number of carbonyl (C=O) groups excluding carboxylic acids is 2. The summed E-state index contributed by atoms with van der Waals surface area (Å²) in [4.78, 5) is 30.0. The smallest absolute Gasteiger partial charge is 0.281 e. The number of anilines is 1. The Morgan fingerprint density at radius 1 is 1.32 bits per heavy atom. The van der Waals surface area contributed by atoms with Gasteiger partial charge in [0.05, 0.1) is 0 Å². The first kappa shape index (κ1) is 17.8. The topological polar surface area (TPSA) is 62.3 Å². The van der Waals surface area contributed by atoms with Crippen LogP contribution in [0.25, 0.3) is 0 Å². The van der Waals surface area contributed by atoms with E-state index in [1.807, 2.05) is 0 Å². The molecule has 0 unspecified atom stereocenters. The second-order valence-electron chi connectivity index (χ2n) is 5.46. The molecule has 1 aromatic carbocycles. The number of carbonyl (C=O) groups is 2. The van der Waals surface area contributed by atoms with Crippen LogP contribution in [0.5, 0.6) is 0 Å². The maximum Gasteiger partial charge on any atom is 0.281 e. The molecule has 0 spiro atoms. The summed E-state index contributed by atoms with van der Waals surface area (Å²) in [5, 5.41) is 3.16. The van der Waals surface area contributed by atoms with Gasteiger partial charge in [0.2, 0.25) is 5.91 Å². The number of aromatic nitrogens is 1. The second kappa shape index (κ2) is 7.92. The van der Waals surface area contributed by atoms with Crippen LogP contribution in [0.4, 0.5) is 18.7 Å². The maximum atomic E-state index is 13.2. The van der Waals surface area contributed by atoms with Gasteiger partial charge in [0, 0.05) is 42.8 Å². The molecule has 2 aromatic rings. The van der Waals surface area contributed by atoms with Gasteiger partial charge in [0.25, 0.3) is 5.24 Å². The van der Waals surface area contributed by atoms with E-state index in [-0.39, 0.29) is 17.6 Å². The van der Waals surface area contributed by atoms with Crippen molar-refractivity contribution in [1.82, 2.24) is 9.88 Å². The third-order valence-electron chi connectivity index (χ3n) is 3.62. The van der Waals surface area contributed by atoms with Crippen LogP contribution in [0.15, 0.2) is 24.4 Å². The quantitative estimate of drug-likeness (QED) is 0.829. The predicted octanol–water partition coefficient (Wildman–Crippen LogP) is 3.51. The number of thioether (sulfide) groups is 1. The molecular weight excluding hydrogens is 368 g/mol. The Kier molecular flexibility index (Phi) is 5.64. The highest BCUT2D eigenvalue weighted by atomic mass is 32.2. The third kappa shape index (κ3) is 4.76. The zero-order valence-electron chi connectivity index (χ0n) is 13.1. The van der Waals surface area contributed by atoms with E-state index in [4.69, 9.17) is 0 Å². The summed E-state index contributed by atoms with van der Waals surface area (Å²) in [5.41, 5.74) is 0.630. The molecule has 0 aliphatic carbocycles. The lowest BCUT2D eigenvalue weighted by Crippen LogP contribution is -2.27. The van der Waals surface area contributed by atoms with Gasteiger partial charge in [-0.1, -0.05) is 17.8 Å². The Balaban J connectivity index is 1.51. The molecule has 0 radical (unpaired) electrons. The second-order valence-corrected chi connectivity index (χ2v) is 7.62. The molecule has 1 aromatic heterocycles. The predicted molar refractivity (Wildman–Crippen MR) is 94.0 cm³/mol. The largest absolute Gasteiger partial charge is 0.332 e. The fourth-order valence-electron chi connectivity index (χ4n) is 2.34. The van der Waals surface area contributed by atoms with Crippen LogP contribution < -0.4 is 5.32 Å². The number of hydrogen-bond donors (Lipinski definition) is 1. The van der Waals surface area contributed by atoms with Crippen molar-refractivity contribution in [3.8, 4) is 0 Å². The molecule has 1 N–H and O–H groups in total. The zero-order valence-corrected chi connectivity index (χ0v) is 14.8. The summed E-state index contributed by atoms with van der Waals surface area (Å²) < 4.78 is 26.2. The van der Waals surface area contributed by atoms with Gasteiger partial charge in [0.1, 0.15) is 0 Å². The van der Waals surface area contributed by atoms with Crippen LogP contribution in [-0.2, 0) is 11.2 Å². The minimum atomic E-state index is -0.884. The van der Waals surface area contributed by atoms with Gasteiger partial charge in [-0.3, -0.25) is 9.59 Å². The van der Waals surface area contributed by atoms with Gasteiger partial charge in [-0.15, -0.1) is 11.3 Å². The highest BCUT2D eigenvalue weighted by molar-refractivity contribution is 8.13. The van der Waals surface area contributed by atoms with Gasteiger partial charge < -0.3 is 10.2 Å². The Morgan fingerprint density at radius 2 is 2.16 bits per heavy atom. The number of nitrogens with zero attached hydrogens (tertiary/aromatic N) is 2. The van der Waals surface area contributed by atoms with Crippen LogP contribution in [0.1, 0.15) is 16.9 Å². The number of nitrogens with one attached hydrogen (secondary N) is 1. The first-order valence-electron chi connectivity index (χ1n) is 7.61. The molecular formula is C16H15F2N3O2S2. The number of rotatable bonds is 6. The summed E-state index contributed by atoms with van der Waals surface area (Å²) in [6, 6.07) is 3.76. The van der Waals surface area contributed by atoms with Crippen LogP contribution >= 0.6 is 23.1 Å². The molecule has 0 atom stereocenters. The average Bonchev–Trinajstić information content (AvgIpc) is 3.18. The van der Waals surface area contributed by atoms with Crippen LogP contribution in [0.3, 0.4) is 0 Å². The molecule has 1 aliphatic heterocycles. The molecule has 132 valence electrons. The lowest BCUT2D eigenvalue weighted by molar-refractivity contribution is -0.116. The summed E-state index contributed by atoms with van der Waals surface area (Å²) >= 11 is 2.54. The van der Waals surface area contributed by atoms with Gasteiger partial charge in [-0.05, 0) is 17.7 Å².